The second kappa shape index (κ2) is 1.42. The summed E-state index contributed by atoms with van der Waals surface area (Å²) in [7, 11) is 0. The topological polar surface area (TPSA) is 20.2 Å². The van der Waals surface area contributed by atoms with Crippen molar-refractivity contribution in [3.05, 3.63) is 0 Å². The predicted molar refractivity (Wildman–Crippen MR) is 35.0 cm³/mol. The van der Waals surface area contributed by atoms with Crippen molar-refractivity contribution in [1.29, 1.82) is 0 Å². The summed E-state index contributed by atoms with van der Waals surface area (Å²) in [4.78, 5) is 0. The first-order valence-corrected chi connectivity index (χ1v) is 4.11. The number of aliphatic hydroxyl groups excluding tert-OH is 1. The van der Waals surface area contributed by atoms with E-state index in [0.717, 1.165) is 12.8 Å². The molecule has 1 aliphatic heterocycles. The minimum absolute atomic E-state index is 0.0443. The molecule has 1 saturated heterocycles. The van der Waals surface area contributed by atoms with Gasteiger partial charge >= 0.3 is 0 Å². The quantitative estimate of drug-likeness (QED) is 0.528. The van der Waals surface area contributed by atoms with E-state index in [1.807, 2.05) is 11.8 Å². The zero-order valence-corrected chi connectivity index (χ0v) is 5.58. The molecule has 0 aromatic rings. The second-order valence-corrected chi connectivity index (χ2v) is 4.41. The fourth-order valence-corrected chi connectivity index (χ4v) is 2.91. The lowest BCUT2D eigenvalue weighted by Crippen LogP contribution is -2.49. The van der Waals surface area contributed by atoms with E-state index >= 15 is 0 Å². The van der Waals surface area contributed by atoms with Crippen molar-refractivity contribution in [2.24, 2.45) is 0 Å². The Morgan fingerprint density at radius 2 is 2.12 bits per heavy atom. The Labute approximate surface area is 53.5 Å². The van der Waals surface area contributed by atoms with Crippen LogP contribution in [0, 0.1) is 0 Å². The maximum absolute atomic E-state index is 8.94. The van der Waals surface area contributed by atoms with Crippen LogP contribution in [-0.4, -0.2) is 21.7 Å². The molecule has 2 heteroatoms. The van der Waals surface area contributed by atoms with Crippen LogP contribution < -0.4 is 0 Å². The molecule has 2 aliphatic rings. The Morgan fingerprint density at radius 1 is 1.50 bits per heavy atom. The minimum atomic E-state index is 0.0443. The van der Waals surface area contributed by atoms with Gasteiger partial charge in [-0.2, -0.15) is 11.8 Å². The molecule has 0 atom stereocenters. The molecule has 0 aromatic carbocycles. The van der Waals surface area contributed by atoms with Crippen LogP contribution in [0.4, 0.5) is 0 Å². The van der Waals surface area contributed by atoms with E-state index in [0.29, 0.717) is 4.75 Å². The van der Waals surface area contributed by atoms with Crippen LogP contribution in [-0.2, 0) is 0 Å². The van der Waals surface area contributed by atoms with Crippen LogP contribution in [0.15, 0.2) is 0 Å². The van der Waals surface area contributed by atoms with E-state index in [1.165, 1.54) is 12.2 Å². The molecule has 0 unspecified atom stereocenters. The van der Waals surface area contributed by atoms with Crippen molar-refractivity contribution >= 4 is 11.8 Å². The van der Waals surface area contributed by atoms with Gasteiger partial charge in [-0.25, -0.2) is 0 Å². The van der Waals surface area contributed by atoms with E-state index in [9.17, 15) is 0 Å². The van der Waals surface area contributed by atoms with Crippen LogP contribution in [0.3, 0.4) is 0 Å². The molecule has 8 heavy (non-hydrogen) atoms. The van der Waals surface area contributed by atoms with Gasteiger partial charge in [0.1, 0.15) is 0 Å². The summed E-state index contributed by atoms with van der Waals surface area (Å²) < 4.78 is 0.583. The Hall–Kier alpha value is 0.310. The number of hydrogen-bond acceptors (Lipinski definition) is 2. The number of rotatable bonds is 0. The van der Waals surface area contributed by atoms with Crippen LogP contribution in [0.1, 0.15) is 19.3 Å². The normalized spacial score (nSPS) is 52.9. The molecule has 2 rings (SSSR count). The summed E-state index contributed by atoms with van der Waals surface area (Å²) in [5.41, 5.74) is 0. The zero-order valence-electron chi connectivity index (χ0n) is 4.76. The van der Waals surface area contributed by atoms with Crippen molar-refractivity contribution in [3.8, 4) is 0 Å². The lowest BCUT2D eigenvalue weighted by Gasteiger charge is -2.51. The van der Waals surface area contributed by atoms with Gasteiger partial charge in [0.2, 0.25) is 0 Å². The second-order valence-electron chi connectivity index (χ2n) is 2.84. The molecule has 1 nitrogen and oxygen atoms in total. The van der Waals surface area contributed by atoms with Crippen molar-refractivity contribution in [3.63, 3.8) is 0 Å². The van der Waals surface area contributed by atoms with E-state index < -0.39 is 0 Å². The van der Waals surface area contributed by atoms with E-state index in [-0.39, 0.29) is 6.10 Å². The Balaban J connectivity index is 1.92. The van der Waals surface area contributed by atoms with Gasteiger partial charge in [-0.3, -0.25) is 0 Å². The number of hydrogen-bond donors (Lipinski definition) is 1. The predicted octanol–water partition coefficient (Wildman–Crippen LogP) is 1.02. The smallest absolute Gasteiger partial charge is 0.0566 e. The molecule has 0 aromatic heterocycles. The van der Waals surface area contributed by atoms with Gasteiger partial charge in [-0.15, -0.1) is 0 Å². The van der Waals surface area contributed by atoms with Crippen LogP contribution >= 0.6 is 11.8 Å². The molecular weight excluding hydrogens is 120 g/mol. The third kappa shape index (κ3) is 0.531. The highest BCUT2D eigenvalue weighted by Crippen LogP contribution is 2.54. The molecule has 2 fully saturated rings. The molecule has 1 heterocycles. The van der Waals surface area contributed by atoms with Crippen LogP contribution in [0.5, 0.6) is 0 Å². The van der Waals surface area contributed by atoms with Gasteiger partial charge in [-0.1, -0.05) is 0 Å². The first-order chi connectivity index (χ1) is 3.81. The molecule has 1 N–H and O–H groups in total. The SMILES string of the molecule is OC1CC2(CCS2)C1. The monoisotopic (exact) mass is 130 g/mol. The third-order valence-corrected chi connectivity index (χ3v) is 3.74. The lowest BCUT2D eigenvalue weighted by atomic mass is 9.79. The van der Waals surface area contributed by atoms with Crippen molar-refractivity contribution < 1.29 is 5.11 Å². The summed E-state index contributed by atoms with van der Waals surface area (Å²) >= 11 is 2.04. The largest absolute Gasteiger partial charge is 0.393 e. The lowest BCUT2D eigenvalue weighted by molar-refractivity contribution is 0.0548. The van der Waals surface area contributed by atoms with Crippen LogP contribution in [0.2, 0.25) is 0 Å². The molecule has 0 radical (unpaired) electrons. The maximum atomic E-state index is 8.94. The maximum Gasteiger partial charge on any atom is 0.0566 e. The van der Waals surface area contributed by atoms with Crippen LogP contribution in [0.25, 0.3) is 0 Å². The Kier molecular flexibility index (Phi) is 0.910. The highest BCUT2D eigenvalue weighted by atomic mass is 32.2. The summed E-state index contributed by atoms with van der Waals surface area (Å²) in [6, 6.07) is 0. The van der Waals surface area contributed by atoms with Gasteiger partial charge in [0, 0.05) is 4.75 Å². The average Bonchev–Trinajstić information content (AvgIpc) is 1.51. The first-order valence-electron chi connectivity index (χ1n) is 3.13. The van der Waals surface area contributed by atoms with E-state index in [2.05, 4.69) is 0 Å². The van der Waals surface area contributed by atoms with Gasteiger partial charge in [0.25, 0.3) is 0 Å². The third-order valence-electron chi connectivity index (χ3n) is 2.18. The number of aliphatic hydroxyl groups is 1. The molecule has 1 aliphatic carbocycles. The summed E-state index contributed by atoms with van der Waals surface area (Å²) in [6.45, 7) is 0. The fraction of sp³-hybridized carbons (Fsp3) is 1.00. The van der Waals surface area contributed by atoms with Crippen molar-refractivity contribution in [1.82, 2.24) is 0 Å². The zero-order chi connectivity index (χ0) is 5.61. The van der Waals surface area contributed by atoms with Gasteiger partial charge in [0.15, 0.2) is 0 Å². The molecule has 1 saturated carbocycles. The summed E-state index contributed by atoms with van der Waals surface area (Å²) in [5, 5.41) is 8.94. The standard InChI is InChI=1S/C6H10OS/c7-5-3-6(4-5)1-2-8-6/h5,7H,1-4H2. The highest BCUT2D eigenvalue weighted by Gasteiger charge is 2.48. The van der Waals surface area contributed by atoms with Gasteiger partial charge in [-0.05, 0) is 25.0 Å². The molecule has 46 valence electrons. The average molecular weight is 130 g/mol. The molecule has 1 spiro atoms. The van der Waals surface area contributed by atoms with E-state index in [1.54, 1.807) is 0 Å². The molecule has 0 bridgehead atoms. The Morgan fingerprint density at radius 3 is 2.25 bits per heavy atom. The summed E-state index contributed by atoms with van der Waals surface area (Å²) in [5.74, 6) is 1.33. The highest BCUT2D eigenvalue weighted by molar-refractivity contribution is 8.02. The minimum Gasteiger partial charge on any atom is -0.393 e. The Bertz CT molecular complexity index is 101. The fourth-order valence-electron chi connectivity index (χ4n) is 1.51. The van der Waals surface area contributed by atoms with Crippen molar-refractivity contribution in [2.75, 3.05) is 5.75 Å². The van der Waals surface area contributed by atoms with Gasteiger partial charge < -0.3 is 5.11 Å². The molecular formula is C6H10OS. The summed E-state index contributed by atoms with van der Waals surface area (Å²) in [6.07, 6.45) is 3.53. The molecule has 0 amide bonds. The van der Waals surface area contributed by atoms with E-state index in [4.69, 9.17) is 5.11 Å². The number of thioether (sulfide) groups is 1. The first kappa shape index (κ1) is 5.12. The van der Waals surface area contributed by atoms with Crippen molar-refractivity contribution in [2.45, 2.75) is 30.1 Å². The van der Waals surface area contributed by atoms with Gasteiger partial charge in [0.05, 0.1) is 6.10 Å².